The van der Waals surface area contributed by atoms with Crippen molar-refractivity contribution in [2.75, 3.05) is 18.4 Å². The number of rotatable bonds is 7. The van der Waals surface area contributed by atoms with Gasteiger partial charge in [0.25, 0.3) is 10.0 Å². The third kappa shape index (κ3) is 4.45. The first-order chi connectivity index (χ1) is 15.4. The highest BCUT2D eigenvalue weighted by atomic mass is 32.2. The number of fused-ring (bicyclic) bond motifs is 1. The summed E-state index contributed by atoms with van der Waals surface area (Å²) in [5.74, 6) is 1.56. The molecular weight excluding hydrogens is 430 g/mol. The number of hydrogen-bond acceptors (Lipinski definition) is 6. The molecular formula is C24H21NO6S. The number of ether oxygens (including phenoxy) is 2. The molecule has 0 radical (unpaired) electrons. The van der Waals surface area contributed by atoms with E-state index in [2.05, 4.69) is 4.72 Å². The second-order valence-electron chi connectivity index (χ2n) is 6.92. The topological polar surface area (TPSA) is 94.8 Å². The molecule has 0 spiro atoms. The summed E-state index contributed by atoms with van der Waals surface area (Å²) in [6.45, 7) is 2.36. The number of hydrogen-bond donors (Lipinski definition) is 1. The zero-order chi connectivity index (χ0) is 22.7. The molecule has 0 unspecified atom stereocenters. The molecule has 0 atom stereocenters. The van der Waals surface area contributed by atoms with Crippen molar-refractivity contribution in [3.8, 4) is 22.8 Å². The van der Waals surface area contributed by atoms with Gasteiger partial charge in [0, 0.05) is 17.3 Å². The Morgan fingerprint density at radius 1 is 0.906 bits per heavy atom. The van der Waals surface area contributed by atoms with Crippen LogP contribution in [0.2, 0.25) is 0 Å². The van der Waals surface area contributed by atoms with Crippen LogP contribution in [-0.4, -0.2) is 22.1 Å². The van der Waals surface area contributed by atoms with Crippen molar-refractivity contribution in [3.63, 3.8) is 0 Å². The van der Waals surface area contributed by atoms with E-state index < -0.39 is 10.0 Å². The molecule has 7 nitrogen and oxygen atoms in total. The molecule has 0 amide bonds. The summed E-state index contributed by atoms with van der Waals surface area (Å²) in [5, 5.41) is 0.424. The van der Waals surface area contributed by atoms with E-state index in [1.54, 1.807) is 54.6 Å². The summed E-state index contributed by atoms with van der Waals surface area (Å²) in [6.07, 6.45) is 0. The first kappa shape index (κ1) is 21.5. The van der Waals surface area contributed by atoms with Crippen molar-refractivity contribution in [2.24, 2.45) is 0 Å². The van der Waals surface area contributed by atoms with Crippen LogP contribution < -0.4 is 19.6 Å². The Kier molecular flexibility index (Phi) is 5.87. The van der Waals surface area contributed by atoms with Crippen LogP contribution in [0, 0.1) is 0 Å². The highest BCUT2D eigenvalue weighted by molar-refractivity contribution is 7.92. The Bertz CT molecular complexity index is 1410. The number of benzene rings is 3. The number of anilines is 1. The van der Waals surface area contributed by atoms with Crippen LogP contribution in [0.4, 0.5) is 5.69 Å². The summed E-state index contributed by atoms with van der Waals surface area (Å²) >= 11 is 0. The van der Waals surface area contributed by atoms with Crippen LogP contribution in [0.5, 0.6) is 11.5 Å². The minimum atomic E-state index is -3.76. The lowest BCUT2D eigenvalue weighted by Gasteiger charge is -2.10. The lowest BCUT2D eigenvalue weighted by atomic mass is 10.1. The van der Waals surface area contributed by atoms with E-state index in [0.717, 1.165) is 0 Å². The fraction of sp³-hybridized carbons (Fsp3) is 0.125. The predicted octanol–water partition coefficient (Wildman–Crippen LogP) is 4.67. The first-order valence-corrected chi connectivity index (χ1v) is 11.4. The van der Waals surface area contributed by atoms with Crippen molar-refractivity contribution in [1.29, 1.82) is 0 Å². The summed E-state index contributed by atoms with van der Waals surface area (Å²) < 4.78 is 44.2. The quantitative estimate of drug-likeness (QED) is 0.439. The Morgan fingerprint density at radius 2 is 1.59 bits per heavy atom. The van der Waals surface area contributed by atoms with E-state index in [9.17, 15) is 13.2 Å². The van der Waals surface area contributed by atoms with Crippen LogP contribution in [0.1, 0.15) is 6.92 Å². The maximum Gasteiger partial charge on any atom is 0.261 e. The molecule has 1 heterocycles. The van der Waals surface area contributed by atoms with Gasteiger partial charge in [0.05, 0.1) is 24.0 Å². The van der Waals surface area contributed by atoms with E-state index in [1.165, 1.54) is 25.3 Å². The lowest BCUT2D eigenvalue weighted by molar-refractivity contribution is 0.340. The van der Waals surface area contributed by atoms with E-state index in [0.29, 0.717) is 46.1 Å². The Balaban J connectivity index is 1.57. The maximum atomic E-state index is 12.6. The van der Waals surface area contributed by atoms with Crippen molar-refractivity contribution in [3.05, 3.63) is 83.0 Å². The minimum Gasteiger partial charge on any atom is -0.497 e. The Hall–Kier alpha value is -3.78. The average Bonchev–Trinajstić information content (AvgIpc) is 2.79. The third-order valence-electron chi connectivity index (χ3n) is 4.80. The van der Waals surface area contributed by atoms with Gasteiger partial charge in [-0.15, -0.1) is 0 Å². The van der Waals surface area contributed by atoms with Gasteiger partial charge < -0.3 is 13.9 Å². The van der Waals surface area contributed by atoms with Crippen molar-refractivity contribution in [2.45, 2.75) is 11.8 Å². The second kappa shape index (κ2) is 8.76. The first-order valence-electron chi connectivity index (χ1n) is 9.87. The van der Waals surface area contributed by atoms with E-state index in [1.807, 2.05) is 6.92 Å². The highest BCUT2D eigenvalue weighted by Gasteiger charge is 2.15. The molecule has 4 rings (SSSR count). The van der Waals surface area contributed by atoms with Gasteiger partial charge in [-0.2, -0.15) is 0 Å². The molecule has 164 valence electrons. The molecule has 4 aromatic rings. The van der Waals surface area contributed by atoms with Gasteiger partial charge >= 0.3 is 0 Å². The Labute approximate surface area is 185 Å². The molecule has 0 bridgehead atoms. The van der Waals surface area contributed by atoms with Crippen molar-refractivity contribution >= 4 is 26.7 Å². The lowest BCUT2D eigenvalue weighted by Crippen LogP contribution is -2.12. The molecule has 1 N–H and O–H groups in total. The van der Waals surface area contributed by atoms with E-state index in [-0.39, 0.29) is 10.3 Å². The van der Waals surface area contributed by atoms with Gasteiger partial charge in [-0.25, -0.2) is 8.42 Å². The van der Waals surface area contributed by atoms with Gasteiger partial charge in [0.1, 0.15) is 22.8 Å². The molecule has 8 heteroatoms. The van der Waals surface area contributed by atoms with Crippen LogP contribution in [-0.2, 0) is 10.0 Å². The summed E-state index contributed by atoms with van der Waals surface area (Å²) in [6, 6.07) is 19.2. The van der Waals surface area contributed by atoms with Crippen LogP contribution in [0.3, 0.4) is 0 Å². The zero-order valence-corrected chi connectivity index (χ0v) is 18.3. The van der Waals surface area contributed by atoms with Gasteiger partial charge in [0.15, 0.2) is 5.43 Å². The molecule has 0 aliphatic heterocycles. The minimum absolute atomic E-state index is 0.126. The molecule has 0 saturated heterocycles. The smallest absolute Gasteiger partial charge is 0.261 e. The second-order valence-corrected chi connectivity index (χ2v) is 8.61. The van der Waals surface area contributed by atoms with Gasteiger partial charge in [-0.05, 0) is 73.7 Å². The molecule has 3 aromatic carbocycles. The maximum absolute atomic E-state index is 12.6. The summed E-state index contributed by atoms with van der Waals surface area (Å²) in [5.41, 5.74) is 1.27. The largest absolute Gasteiger partial charge is 0.497 e. The Morgan fingerprint density at radius 3 is 2.25 bits per heavy atom. The van der Waals surface area contributed by atoms with Gasteiger partial charge in [-0.1, -0.05) is 0 Å². The summed E-state index contributed by atoms with van der Waals surface area (Å²) in [4.78, 5) is 12.6. The van der Waals surface area contributed by atoms with E-state index in [4.69, 9.17) is 13.9 Å². The fourth-order valence-corrected chi connectivity index (χ4v) is 4.26. The van der Waals surface area contributed by atoms with Crippen LogP contribution >= 0.6 is 0 Å². The van der Waals surface area contributed by atoms with Crippen molar-refractivity contribution in [1.82, 2.24) is 0 Å². The SMILES string of the molecule is CCOc1ccc(S(=O)(=O)Nc2ccc(-c3cc(=O)c4cc(OC)ccc4o3)cc2)cc1. The molecule has 0 saturated carbocycles. The molecule has 0 aliphatic rings. The number of methoxy groups -OCH3 is 1. The molecule has 0 aliphatic carbocycles. The molecule has 0 fully saturated rings. The van der Waals surface area contributed by atoms with Crippen LogP contribution in [0.25, 0.3) is 22.3 Å². The monoisotopic (exact) mass is 451 g/mol. The number of nitrogens with one attached hydrogen (secondary N) is 1. The normalized spacial score (nSPS) is 11.3. The fourth-order valence-electron chi connectivity index (χ4n) is 3.20. The predicted molar refractivity (Wildman–Crippen MR) is 123 cm³/mol. The van der Waals surface area contributed by atoms with E-state index >= 15 is 0 Å². The van der Waals surface area contributed by atoms with Gasteiger partial charge in [0.2, 0.25) is 0 Å². The molecule has 32 heavy (non-hydrogen) atoms. The third-order valence-corrected chi connectivity index (χ3v) is 6.20. The highest BCUT2D eigenvalue weighted by Crippen LogP contribution is 2.26. The standard InChI is InChI=1S/C24H21NO6S/c1-3-30-18-8-11-20(12-9-18)32(27,28)25-17-6-4-16(5-7-17)24-15-22(26)21-14-19(29-2)10-13-23(21)31-24/h4-15,25H,3H2,1-2H3. The molecule has 1 aromatic heterocycles. The zero-order valence-electron chi connectivity index (χ0n) is 17.5. The van der Waals surface area contributed by atoms with Gasteiger partial charge in [-0.3, -0.25) is 9.52 Å². The number of sulfonamides is 1. The summed E-state index contributed by atoms with van der Waals surface area (Å²) in [7, 11) is -2.22. The average molecular weight is 452 g/mol. The van der Waals surface area contributed by atoms with Crippen molar-refractivity contribution < 1.29 is 22.3 Å². The van der Waals surface area contributed by atoms with Crippen LogP contribution in [0.15, 0.2) is 86.9 Å².